The summed E-state index contributed by atoms with van der Waals surface area (Å²) in [6, 6.07) is 17.8. The van der Waals surface area contributed by atoms with E-state index < -0.39 is 0 Å². The van der Waals surface area contributed by atoms with Gasteiger partial charge in [0.05, 0.1) is 23.8 Å². The number of aromatic nitrogens is 2. The van der Waals surface area contributed by atoms with Crippen LogP contribution in [0, 0.1) is 5.82 Å². The predicted octanol–water partition coefficient (Wildman–Crippen LogP) is 5.48. The number of ether oxygens (including phenoxy) is 3. The predicted molar refractivity (Wildman–Crippen MR) is 136 cm³/mol. The molecule has 182 valence electrons. The van der Waals surface area contributed by atoms with E-state index in [4.69, 9.17) is 25.8 Å². The van der Waals surface area contributed by atoms with Gasteiger partial charge in [-0.25, -0.2) is 19.4 Å². The number of fused-ring (bicyclic) bond motifs is 2. The molecule has 0 radical (unpaired) electrons. The van der Waals surface area contributed by atoms with Crippen molar-refractivity contribution >= 4 is 39.9 Å². The zero-order valence-electron chi connectivity index (χ0n) is 19.2. The van der Waals surface area contributed by atoms with Crippen molar-refractivity contribution < 1.29 is 18.6 Å². The van der Waals surface area contributed by atoms with E-state index in [1.54, 1.807) is 24.3 Å². The second kappa shape index (κ2) is 9.72. The lowest BCUT2D eigenvalue weighted by Gasteiger charge is -2.13. The molecule has 0 amide bonds. The molecule has 3 aromatic carbocycles. The summed E-state index contributed by atoms with van der Waals surface area (Å²) in [7, 11) is 0. The molecule has 2 aliphatic heterocycles. The van der Waals surface area contributed by atoms with Crippen molar-refractivity contribution in [2.24, 2.45) is 4.99 Å². The Hall–Kier alpha value is -3.75. The molecule has 1 N–H and O–H groups in total. The molecule has 36 heavy (non-hydrogen) atoms. The molecule has 1 saturated heterocycles. The van der Waals surface area contributed by atoms with Crippen molar-refractivity contribution in [3.8, 4) is 5.75 Å². The monoisotopic (exact) mass is 504 g/mol. The van der Waals surface area contributed by atoms with E-state index in [1.165, 1.54) is 18.5 Å². The van der Waals surface area contributed by atoms with Gasteiger partial charge >= 0.3 is 0 Å². The number of benzene rings is 3. The fourth-order valence-electron chi connectivity index (χ4n) is 4.34. The van der Waals surface area contributed by atoms with Crippen LogP contribution in [0.5, 0.6) is 5.75 Å². The number of nitrogens with zero attached hydrogens (tertiary/aromatic N) is 3. The zero-order chi connectivity index (χ0) is 24.5. The highest BCUT2D eigenvalue weighted by molar-refractivity contribution is 6.32. The SMILES string of the molecule is Fc1cccc(COc2ccc(Nc3ncnc4ccc(CC5=NC6COCC6O5)cc34)cc2Cl)c1. The third kappa shape index (κ3) is 4.82. The van der Waals surface area contributed by atoms with Crippen molar-refractivity contribution in [3.05, 3.63) is 89.0 Å². The number of halogens is 2. The fraction of sp³-hybridized carbons (Fsp3) is 0.222. The number of rotatable bonds is 7. The van der Waals surface area contributed by atoms with Crippen LogP contribution < -0.4 is 10.1 Å². The maximum Gasteiger partial charge on any atom is 0.188 e. The zero-order valence-corrected chi connectivity index (χ0v) is 19.9. The van der Waals surface area contributed by atoms with Crippen LogP contribution in [-0.2, 0) is 22.5 Å². The molecule has 2 aliphatic rings. The van der Waals surface area contributed by atoms with E-state index in [-0.39, 0.29) is 24.6 Å². The minimum atomic E-state index is -0.303. The van der Waals surface area contributed by atoms with Crippen molar-refractivity contribution in [2.45, 2.75) is 25.2 Å². The highest BCUT2D eigenvalue weighted by atomic mass is 35.5. The lowest BCUT2D eigenvalue weighted by molar-refractivity contribution is 0.136. The molecule has 3 heterocycles. The Labute approximate surface area is 211 Å². The Morgan fingerprint density at radius 3 is 2.83 bits per heavy atom. The first-order valence-electron chi connectivity index (χ1n) is 11.6. The number of aliphatic imine (C=N–C) groups is 1. The molecule has 0 saturated carbocycles. The van der Waals surface area contributed by atoms with Gasteiger partial charge in [-0.15, -0.1) is 0 Å². The lowest BCUT2D eigenvalue weighted by atomic mass is 10.1. The van der Waals surface area contributed by atoms with E-state index in [9.17, 15) is 4.39 Å². The Kier molecular flexibility index (Phi) is 6.13. The van der Waals surface area contributed by atoms with Crippen LogP contribution in [0.3, 0.4) is 0 Å². The summed E-state index contributed by atoms with van der Waals surface area (Å²) in [5.74, 6) is 1.60. The maximum atomic E-state index is 13.4. The molecule has 2 atom stereocenters. The van der Waals surface area contributed by atoms with Gasteiger partial charge in [0.15, 0.2) is 5.90 Å². The van der Waals surface area contributed by atoms with Crippen LogP contribution in [0.25, 0.3) is 10.9 Å². The molecule has 0 spiro atoms. The summed E-state index contributed by atoms with van der Waals surface area (Å²) in [4.78, 5) is 13.5. The molecular formula is C27H22ClFN4O3. The molecule has 9 heteroatoms. The molecule has 6 rings (SSSR count). The average molecular weight is 505 g/mol. The quantitative estimate of drug-likeness (QED) is 0.359. The molecule has 1 aromatic heterocycles. The second-order valence-electron chi connectivity index (χ2n) is 8.72. The smallest absolute Gasteiger partial charge is 0.188 e. The molecule has 2 unspecified atom stereocenters. The van der Waals surface area contributed by atoms with Crippen LogP contribution in [0.15, 0.2) is 72.0 Å². The van der Waals surface area contributed by atoms with Crippen molar-refractivity contribution in [2.75, 3.05) is 18.5 Å². The van der Waals surface area contributed by atoms with Gasteiger partial charge in [0, 0.05) is 17.5 Å². The minimum absolute atomic E-state index is 0.0339. The van der Waals surface area contributed by atoms with E-state index >= 15 is 0 Å². The van der Waals surface area contributed by atoms with Crippen molar-refractivity contribution in [1.82, 2.24) is 9.97 Å². The molecular weight excluding hydrogens is 483 g/mol. The topological polar surface area (TPSA) is 77.9 Å². The largest absolute Gasteiger partial charge is 0.487 e. The van der Waals surface area contributed by atoms with Gasteiger partial charge in [-0.3, -0.25) is 0 Å². The third-order valence-corrected chi connectivity index (χ3v) is 6.43. The Bertz CT molecular complexity index is 1460. The van der Waals surface area contributed by atoms with Crippen LogP contribution in [-0.4, -0.2) is 41.2 Å². The van der Waals surface area contributed by atoms with Crippen LogP contribution in [0.1, 0.15) is 11.1 Å². The Morgan fingerprint density at radius 1 is 1.03 bits per heavy atom. The minimum Gasteiger partial charge on any atom is -0.487 e. The van der Waals surface area contributed by atoms with Gasteiger partial charge in [-0.05, 0) is 53.6 Å². The summed E-state index contributed by atoms with van der Waals surface area (Å²) >= 11 is 6.46. The van der Waals surface area contributed by atoms with Crippen LogP contribution in [0.2, 0.25) is 5.02 Å². The van der Waals surface area contributed by atoms with Crippen molar-refractivity contribution in [3.63, 3.8) is 0 Å². The molecule has 0 bridgehead atoms. The van der Waals surface area contributed by atoms with Crippen LogP contribution >= 0.6 is 11.6 Å². The first-order valence-corrected chi connectivity index (χ1v) is 12.0. The molecule has 4 aromatic rings. The molecule has 1 fully saturated rings. The van der Waals surface area contributed by atoms with Gasteiger partial charge in [-0.2, -0.15) is 0 Å². The summed E-state index contributed by atoms with van der Waals surface area (Å²) in [6.45, 7) is 1.42. The van der Waals surface area contributed by atoms with E-state index in [2.05, 4.69) is 20.3 Å². The first-order chi connectivity index (χ1) is 17.6. The van der Waals surface area contributed by atoms with Gasteiger partial charge in [0.2, 0.25) is 0 Å². The normalized spacial score (nSPS) is 18.6. The molecule has 7 nitrogen and oxygen atoms in total. The Balaban J connectivity index is 1.18. The first kappa shape index (κ1) is 22.7. The number of hydrogen-bond acceptors (Lipinski definition) is 7. The maximum absolute atomic E-state index is 13.4. The number of nitrogens with one attached hydrogen (secondary N) is 1. The standard InChI is InChI=1S/C27H22ClFN4O3/c28-21-11-19(5-7-24(21)35-12-17-2-1-3-18(29)8-17)32-27-20-9-16(4-6-22(20)30-15-31-27)10-26-33-23-13-34-14-25(23)36-26/h1-9,11,15,23,25H,10,12-14H2,(H,30,31,32). The van der Waals surface area contributed by atoms with E-state index in [1.807, 2.05) is 24.3 Å². The summed E-state index contributed by atoms with van der Waals surface area (Å²) in [5, 5.41) is 4.64. The van der Waals surface area contributed by atoms with Crippen molar-refractivity contribution in [1.29, 1.82) is 0 Å². The van der Waals surface area contributed by atoms with E-state index in [0.717, 1.165) is 33.6 Å². The fourth-order valence-corrected chi connectivity index (χ4v) is 4.58. The summed E-state index contributed by atoms with van der Waals surface area (Å²) < 4.78 is 30.5. The Morgan fingerprint density at radius 2 is 1.97 bits per heavy atom. The van der Waals surface area contributed by atoms with Gasteiger partial charge in [0.1, 0.15) is 42.5 Å². The highest BCUT2D eigenvalue weighted by Crippen LogP contribution is 2.31. The summed E-state index contributed by atoms with van der Waals surface area (Å²) in [6.07, 6.45) is 2.15. The summed E-state index contributed by atoms with van der Waals surface area (Å²) in [5.41, 5.74) is 3.35. The van der Waals surface area contributed by atoms with Gasteiger partial charge in [0.25, 0.3) is 0 Å². The number of anilines is 2. The van der Waals surface area contributed by atoms with Gasteiger partial charge < -0.3 is 19.5 Å². The van der Waals surface area contributed by atoms with Crippen LogP contribution in [0.4, 0.5) is 15.9 Å². The second-order valence-corrected chi connectivity index (χ2v) is 9.13. The van der Waals surface area contributed by atoms with E-state index in [0.29, 0.717) is 36.2 Å². The highest BCUT2D eigenvalue weighted by Gasteiger charge is 2.35. The number of hydrogen-bond donors (Lipinski definition) is 1. The lowest BCUT2D eigenvalue weighted by Crippen LogP contribution is -2.19. The third-order valence-electron chi connectivity index (χ3n) is 6.13. The molecule has 0 aliphatic carbocycles. The van der Waals surface area contributed by atoms with Gasteiger partial charge in [-0.1, -0.05) is 29.8 Å². The average Bonchev–Trinajstić information content (AvgIpc) is 3.46.